The van der Waals surface area contributed by atoms with E-state index in [1.165, 1.54) is 0 Å². The van der Waals surface area contributed by atoms with E-state index in [2.05, 4.69) is 11.4 Å². The van der Waals surface area contributed by atoms with Crippen LogP contribution >= 0.6 is 23.4 Å². The van der Waals surface area contributed by atoms with Gasteiger partial charge in [0, 0.05) is 17.4 Å². The van der Waals surface area contributed by atoms with Crippen LogP contribution in [0.1, 0.15) is 17.9 Å². The number of nitrogens with zero attached hydrogens (tertiary/aromatic N) is 1. The molecule has 1 aliphatic rings. The molecule has 0 saturated carbocycles. The summed E-state index contributed by atoms with van der Waals surface area (Å²) in [6.07, 6.45) is 0.146. The van der Waals surface area contributed by atoms with Crippen molar-refractivity contribution in [1.82, 2.24) is 5.32 Å². The standard InChI is InChI=1S/C14H12ClN3O2S/c15-11-4-2-1-3-8(11)9-5-13(20)18-14(10(9)6-16)21-7-12(17)19/h1-4,9H,5,7H2,(H2,17,19)(H,18,20)/t9-/m1/s1. The Labute approximate surface area is 131 Å². The van der Waals surface area contributed by atoms with Crippen LogP contribution in [-0.4, -0.2) is 17.6 Å². The Bertz CT molecular complexity index is 666. The summed E-state index contributed by atoms with van der Waals surface area (Å²) in [4.78, 5) is 22.7. The van der Waals surface area contributed by atoms with E-state index >= 15 is 0 Å². The molecular formula is C14H12ClN3O2S. The summed E-state index contributed by atoms with van der Waals surface area (Å²) in [5.41, 5.74) is 6.22. The second kappa shape index (κ2) is 6.66. The quantitative estimate of drug-likeness (QED) is 0.885. The highest BCUT2D eigenvalue weighted by Gasteiger charge is 2.30. The normalized spacial score (nSPS) is 18.1. The molecule has 0 unspecified atom stereocenters. The summed E-state index contributed by atoms with van der Waals surface area (Å²) in [5.74, 6) is -1.15. The average molecular weight is 322 g/mol. The molecular weight excluding hydrogens is 310 g/mol. The van der Waals surface area contributed by atoms with Crippen LogP contribution in [0, 0.1) is 11.3 Å². The van der Waals surface area contributed by atoms with Crippen LogP contribution in [0.25, 0.3) is 0 Å². The number of carbonyl (C=O) groups is 2. The van der Waals surface area contributed by atoms with Crippen LogP contribution in [0.4, 0.5) is 0 Å². The van der Waals surface area contributed by atoms with Crippen LogP contribution in [0.2, 0.25) is 5.02 Å². The number of benzene rings is 1. The third-order valence-corrected chi connectivity index (χ3v) is 4.38. The minimum atomic E-state index is -0.515. The number of hydrogen-bond acceptors (Lipinski definition) is 4. The maximum absolute atomic E-state index is 11.8. The molecule has 1 aromatic carbocycles. The molecule has 0 spiro atoms. The van der Waals surface area contributed by atoms with Gasteiger partial charge in [-0.15, -0.1) is 0 Å². The molecule has 1 aromatic rings. The number of halogens is 1. The summed E-state index contributed by atoms with van der Waals surface area (Å²) < 4.78 is 0. The van der Waals surface area contributed by atoms with Gasteiger partial charge in [0.15, 0.2) is 0 Å². The molecule has 3 N–H and O–H groups in total. The van der Waals surface area contributed by atoms with Crippen molar-refractivity contribution in [2.75, 3.05) is 5.75 Å². The first kappa shape index (κ1) is 15.4. The van der Waals surface area contributed by atoms with E-state index in [0.29, 0.717) is 15.6 Å². The predicted octanol–water partition coefficient (Wildman–Crippen LogP) is 1.90. The lowest BCUT2D eigenvalue weighted by Gasteiger charge is -2.25. The first-order chi connectivity index (χ1) is 10.0. The Hall–Kier alpha value is -1.97. The fourth-order valence-electron chi connectivity index (χ4n) is 2.10. The number of hydrogen-bond donors (Lipinski definition) is 2. The van der Waals surface area contributed by atoms with Crippen molar-refractivity contribution in [2.24, 2.45) is 5.73 Å². The summed E-state index contributed by atoms with van der Waals surface area (Å²) in [6, 6.07) is 9.20. The molecule has 5 nitrogen and oxygen atoms in total. The van der Waals surface area contributed by atoms with Gasteiger partial charge in [-0.25, -0.2) is 0 Å². The number of carbonyl (C=O) groups excluding carboxylic acids is 2. The summed E-state index contributed by atoms with van der Waals surface area (Å²) in [6.45, 7) is 0. The van der Waals surface area contributed by atoms with Crippen molar-refractivity contribution in [1.29, 1.82) is 5.26 Å². The molecule has 0 saturated heterocycles. The van der Waals surface area contributed by atoms with Crippen LogP contribution < -0.4 is 11.1 Å². The average Bonchev–Trinajstić information content (AvgIpc) is 2.45. The molecule has 2 amide bonds. The van der Waals surface area contributed by atoms with Gasteiger partial charge in [-0.1, -0.05) is 41.6 Å². The number of allylic oxidation sites excluding steroid dienone is 1. The molecule has 21 heavy (non-hydrogen) atoms. The third kappa shape index (κ3) is 3.57. The van der Waals surface area contributed by atoms with Crippen LogP contribution in [0.5, 0.6) is 0 Å². The molecule has 108 valence electrons. The van der Waals surface area contributed by atoms with Crippen LogP contribution in [0.3, 0.4) is 0 Å². The Morgan fingerprint density at radius 1 is 1.52 bits per heavy atom. The second-order valence-electron chi connectivity index (χ2n) is 4.44. The van der Waals surface area contributed by atoms with Gasteiger partial charge in [-0.2, -0.15) is 5.26 Å². The van der Waals surface area contributed by atoms with Gasteiger partial charge in [-0.3, -0.25) is 9.59 Å². The van der Waals surface area contributed by atoms with Crippen LogP contribution in [-0.2, 0) is 9.59 Å². The zero-order valence-electron chi connectivity index (χ0n) is 10.9. The largest absolute Gasteiger partial charge is 0.369 e. The van der Waals surface area contributed by atoms with Gasteiger partial charge in [0.1, 0.15) is 0 Å². The molecule has 0 fully saturated rings. The fraction of sp³-hybridized carbons (Fsp3) is 0.214. The minimum Gasteiger partial charge on any atom is -0.369 e. The topological polar surface area (TPSA) is 96.0 Å². The van der Waals surface area contributed by atoms with Gasteiger partial charge in [0.2, 0.25) is 11.8 Å². The number of nitriles is 1. The van der Waals surface area contributed by atoms with Crippen molar-refractivity contribution in [3.63, 3.8) is 0 Å². The summed E-state index contributed by atoms with van der Waals surface area (Å²) in [5, 5.41) is 12.9. The molecule has 7 heteroatoms. The SMILES string of the molecule is N#CC1=C(SCC(N)=O)NC(=O)C[C@@H]1c1ccccc1Cl. The lowest BCUT2D eigenvalue weighted by Crippen LogP contribution is -2.31. The molecule has 1 heterocycles. The Morgan fingerprint density at radius 2 is 2.24 bits per heavy atom. The van der Waals surface area contributed by atoms with Gasteiger partial charge >= 0.3 is 0 Å². The fourth-order valence-corrected chi connectivity index (χ4v) is 3.18. The molecule has 0 bridgehead atoms. The Kier molecular flexibility index (Phi) is 4.89. The number of nitrogens with two attached hydrogens (primary N) is 1. The highest BCUT2D eigenvalue weighted by molar-refractivity contribution is 8.03. The predicted molar refractivity (Wildman–Crippen MR) is 81.2 cm³/mol. The number of nitrogens with one attached hydrogen (secondary N) is 1. The lowest BCUT2D eigenvalue weighted by molar-refractivity contribution is -0.121. The number of rotatable bonds is 4. The maximum Gasteiger partial charge on any atom is 0.227 e. The maximum atomic E-state index is 11.8. The molecule has 2 rings (SSSR count). The van der Waals surface area contributed by atoms with Crippen molar-refractivity contribution < 1.29 is 9.59 Å². The van der Waals surface area contributed by atoms with E-state index in [4.69, 9.17) is 17.3 Å². The lowest BCUT2D eigenvalue weighted by atomic mass is 9.87. The zero-order valence-corrected chi connectivity index (χ0v) is 12.5. The molecule has 0 aromatic heterocycles. The van der Waals surface area contributed by atoms with Gasteiger partial charge in [-0.05, 0) is 11.6 Å². The zero-order chi connectivity index (χ0) is 15.4. The van der Waals surface area contributed by atoms with Crippen molar-refractivity contribution in [3.05, 3.63) is 45.5 Å². The molecule has 0 radical (unpaired) electrons. The summed E-state index contributed by atoms with van der Waals surface area (Å²) in [7, 11) is 0. The van der Waals surface area contributed by atoms with Crippen molar-refractivity contribution in [2.45, 2.75) is 12.3 Å². The van der Waals surface area contributed by atoms with Crippen molar-refractivity contribution >= 4 is 35.2 Å². The second-order valence-corrected chi connectivity index (χ2v) is 5.83. The van der Waals surface area contributed by atoms with E-state index in [1.54, 1.807) is 24.3 Å². The monoisotopic (exact) mass is 321 g/mol. The third-order valence-electron chi connectivity index (χ3n) is 3.00. The molecule has 1 atom stereocenters. The van der Waals surface area contributed by atoms with Gasteiger partial charge in [0.25, 0.3) is 0 Å². The van der Waals surface area contributed by atoms with E-state index in [-0.39, 0.29) is 18.1 Å². The first-order valence-corrected chi connectivity index (χ1v) is 7.49. The van der Waals surface area contributed by atoms with E-state index < -0.39 is 11.8 Å². The van der Waals surface area contributed by atoms with E-state index in [1.807, 2.05) is 0 Å². The smallest absolute Gasteiger partial charge is 0.227 e. The number of primary amides is 1. The van der Waals surface area contributed by atoms with Crippen LogP contribution in [0.15, 0.2) is 34.9 Å². The van der Waals surface area contributed by atoms with E-state index in [0.717, 1.165) is 17.3 Å². The highest BCUT2D eigenvalue weighted by Crippen LogP contribution is 2.38. The van der Waals surface area contributed by atoms with Crippen molar-refractivity contribution in [3.8, 4) is 6.07 Å². The Morgan fingerprint density at radius 3 is 2.86 bits per heavy atom. The molecule has 1 aliphatic heterocycles. The summed E-state index contributed by atoms with van der Waals surface area (Å²) >= 11 is 7.21. The first-order valence-electron chi connectivity index (χ1n) is 6.12. The number of amides is 2. The Balaban J connectivity index is 2.42. The highest BCUT2D eigenvalue weighted by atomic mass is 35.5. The minimum absolute atomic E-state index is 0.00393. The van der Waals surface area contributed by atoms with Gasteiger partial charge < -0.3 is 11.1 Å². The van der Waals surface area contributed by atoms with E-state index in [9.17, 15) is 14.9 Å². The van der Waals surface area contributed by atoms with Gasteiger partial charge in [0.05, 0.1) is 22.4 Å². The number of thioether (sulfide) groups is 1. The molecule has 0 aliphatic carbocycles.